The average molecular weight is 223 g/mol. The predicted octanol–water partition coefficient (Wildman–Crippen LogP) is 1.28. The van der Waals surface area contributed by atoms with Gasteiger partial charge in [0.1, 0.15) is 17.8 Å². The molecule has 5 heteroatoms. The zero-order chi connectivity index (χ0) is 11.9. The van der Waals surface area contributed by atoms with E-state index in [1.54, 1.807) is 0 Å². The summed E-state index contributed by atoms with van der Waals surface area (Å²) in [5.74, 6) is 8.07. The van der Waals surface area contributed by atoms with E-state index in [1.807, 2.05) is 11.9 Å². The van der Waals surface area contributed by atoms with E-state index in [-0.39, 0.29) is 11.6 Å². The molecular weight excluding hydrogens is 202 g/mol. The summed E-state index contributed by atoms with van der Waals surface area (Å²) in [5, 5.41) is 1.87. The van der Waals surface area contributed by atoms with E-state index in [0.29, 0.717) is 5.92 Å². The van der Waals surface area contributed by atoms with Gasteiger partial charge >= 0.3 is 0 Å². The first kappa shape index (κ1) is 11.5. The molecule has 1 unspecified atom stereocenters. The van der Waals surface area contributed by atoms with Gasteiger partial charge in [0.15, 0.2) is 0 Å². The van der Waals surface area contributed by atoms with Crippen molar-refractivity contribution >= 4 is 11.7 Å². The molecule has 1 saturated carbocycles. The van der Waals surface area contributed by atoms with Crippen molar-refractivity contribution in [3.05, 3.63) is 0 Å². The number of hydrogen-bond donors (Lipinski definition) is 2. The lowest BCUT2D eigenvalue weighted by atomic mass is 9.94. The molecule has 2 rings (SSSR count). The van der Waals surface area contributed by atoms with Crippen molar-refractivity contribution in [2.75, 3.05) is 0 Å². The largest absolute Gasteiger partial charge is 0.258 e. The van der Waals surface area contributed by atoms with Crippen molar-refractivity contribution in [3.63, 3.8) is 0 Å². The summed E-state index contributed by atoms with van der Waals surface area (Å²) in [5.41, 5.74) is 2.69. The summed E-state index contributed by atoms with van der Waals surface area (Å²) < 4.78 is 0. The molecule has 0 saturated heterocycles. The zero-order valence-corrected chi connectivity index (χ0v) is 10.5. The van der Waals surface area contributed by atoms with E-state index >= 15 is 0 Å². The molecule has 0 spiro atoms. The first-order valence-electron chi connectivity index (χ1n) is 5.86. The first-order valence-corrected chi connectivity index (χ1v) is 5.86. The highest BCUT2D eigenvalue weighted by Gasteiger charge is 2.37. The Morgan fingerprint density at radius 1 is 1.38 bits per heavy atom. The topological polar surface area (TPSA) is 66.0 Å². The lowest BCUT2D eigenvalue weighted by Crippen LogP contribution is -2.54. The standard InChI is InChI=1S/C11H21N5/c1-7-13-10(11(2,3)4)14-9(8-5-6-8)16(7)15-12/h7-8,15H,5-6,12H2,1-4H3. The smallest absolute Gasteiger partial charge is 0.137 e. The molecule has 90 valence electrons. The Kier molecular flexibility index (Phi) is 2.75. The Morgan fingerprint density at radius 3 is 2.44 bits per heavy atom. The first-order chi connectivity index (χ1) is 7.43. The van der Waals surface area contributed by atoms with Gasteiger partial charge in [-0.3, -0.25) is 10.9 Å². The Morgan fingerprint density at radius 2 is 2.00 bits per heavy atom. The molecule has 2 aliphatic rings. The fraction of sp³-hybridized carbons (Fsp3) is 0.818. The molecule has 0 aromatic rings. The summed E-state index contributed by atoms with van der Waals surface area (Å²) in [6.07, 6.45) is 2.44. The number of hydrazine groups is 2. The normalized spacial score (nSPS) is 26.6. The molecule has 1 aliphatic heterocycles. The van der Waals surface area contributed by atoms with E-state index in [0.717, 1.165) is 11.7 Å². The second-order valence-electron chi connectivity index (χ2n) is 5.58. The quantitative estimate of drug-likeness (QED) is 0.547. The number of nitrogens with one attached hydrogen (secondary N) is 1. The number of hydrogen-bond acceptors (Lipinski definition) is 5. The van der Waals surface area contributed by atoms with Gasteiger partial charge in [-0.25, -0.2) is 9.98 Å². The van der Waals surface area contributed by atoms with Gasteiger partial charge < -0.3 is 0 Å². The van der Waals surface area contributed by atoms with Crippen molar-refractivity contribution in [2.24, 2.45) is 27.2 Å². The highest BCUT2D eigenvalue weighted by Crippen LogP contribution is 2.34. The predicted molar refractivity (Wildman–Crippen MR) is 65.7 cm³/mol. The van der Waals surface area contributed by atoms with Crippen LogP contribution in [-0.2, 0) is 0 Å². The van der Waals surface area contributed by atoms with Crippen LogP contribution in [-0.4, -0.2) is 22.8 Å². The maximum absolute atomic E-state index is 5.53. The molecule has 0 aromatic heterocycles. The van der Waals surface area contributed by atoms with Crippen LogP contribution in [0.4, 0.5) is 0 Å². The van der Waals surface area contributed by atoms with Crippen LogP contribution < -0.4 is 11.4 Å². The molecule has 0 radical (unpaired) electrons. The van der Waals surface area contributed by atoms with E-state index in [4.69, 9.17) is 5.84 Å². The number of nitrogens with zero attached hydrogens (tertiary/aromatic N) is 3. The third kappa shape index (κ3) is 2.10. The number of nitrogens with two attached hydrogens (primary N) is 1. The van der Waals surface area contributed by atoms with Gasteiger partial charge in [-0.1, -0.05) is 20.8 Å². The van der Waals surface area contributed by atoms with Crippen LogP contribution in [0.25, 0.3) is 0 Å². The van der Waals surface area contributed by atoms with Crippen molar-refractivity contribution in [2.45, 2.75) is 46.7 Å². The van der Waals surface area contributed by atoms with Crippen molar-refractivity contribution in [1.29, 1.82) is 0 Å². The summed E-state index contributed by atoms with van der Waals surface area (Å²) in [4.78, 5) is 9.25. The third-order valence-corrected chi connectivity index (χ3v) is 2.90. The maximum atomic E-state index is 5.53. The molecule has 1 fully saturated rings. The Balaban J connectivity index is 2.30. The van der Waals surface area contributed by atoms with E-state index in [2.05, 4.69) is 36.3 Å². The minimum absolute atomic E-state index is 0.00487. The Hall–Kier alpha value is -0.940. The van der Waals surface area contributed by atoms with E-state index in [1.165, 1.54) is 12.8 Å². The van der Waals surface area contributed by atoms with Crippen LogP contribution >= 0.6 is 0 Å². The van der Waals surface area contributed by atoms with Crippen LogP contribution in [0.2, 0.25) is 0 Å². The molecule has 0 amide bonds. The summed E-state index contributed by atoms with van der Waals surface area (Å²) in [6.45, 7) is 8.44. The highest BCUT2D eigenvalue weighted by molar-refractivity contribution is 6.02. The molecule has 0 aromatic carbocycles. The maximum Gasteiger partial charge on any atom is 0.137 e. The lowest BCUT2D eigenvalue weighted by molar-refractivity contribution is 0.237. The third-order valence-electron chi connectivity index (χ3n) is 2.90. The van der Waals surface area contributed by atoms with Gasteiger partial charge in [-0.2, -0.15) is 5.53 Å². The molecule has 0 bridgehead atoms. The SMILES string of the molecule is CC1N=C(C(C)(C)C)N=C(C2CC2)N1NN. The molecular formula is C11H21N5. The second-order valence-corrected chi connectivity index (χ2v) is 5.58. The fourth-order valence-electron chi connectivity index (χ4n) is 1.78. The number of aliphatic imine (C=N–C) groups is 2. The highest BCUT2D eigenvalue weighted by atomic mass is 15.7. The zero-order valence-electron chi connectivity index (χ0n) is 10.5. The van der Waals surface area contributed by atoms with Gasteiger partial charge in [0.25, 0.3) is 0 Å². The molecule has 5 nitrogen and oxygen atoms in total. The summed E-state index contributed by atoms with van der Waals surface area (Å²) in [7, 11) is 0. The second kappa shape index (κ2) is 3.82. The summed E-state index contributed by atoms with van der Waals surface area (Å²) >= 11 is 0. The van der Waals surface area contributed by atoms with Crippen molar-refractivity contribution in [3.8, 4) is 0 Å². The molecule has 1 aliphatic carbocycles. The summed E-state index contributed by atoms with van der Waals surface area (Å²) in [6, 6.07) is 0. The van der Waals surface area contributed by atoms with Crippen LogP contribution in [0.5, 0.6) is 0 Å². The van der Waals surface area contributed by atoms with Crippen LogP contribution in [0.3, 0.4) is 0 Å². The van der Waals surface area contributed by atoms with E-state index < -0.39 is 0 Å². The van der Waals surface area contributed by atoms with Gasteiger partial charge in [0.05, 0.1) is 0 Å². The lowest BCUT2D eigenvalue weighted by Gasteiger charge is -2.34. The number of amidine groups is 2. The Bertz CT molecular complexity index is 335. The molecule has 1 heterocycles. The van der Waals surface area contributed by atoms with Crippen LogP contribution in [0, 0.1) is 11.3 Å². The molecule has 1 atom stereocenters. The van der Waals surface area contributed by atoms with Gasteiger partial charge in [0.2, 0.25) is 0 Å². The number of rotatable bonds is 2. The van der Waals surface area contributed by atoms with Crippen LogP contribution in [0.1, 0.15) is 40.5 Å². The van der Waals surface area contributed by atoms with Crippen LogP contribution in [0.15, 0.2) is 9.98 Å². The monoisotopic (exact) mass is 223 g/mol. The molecule has 3 N–H and O–H groups in total. The minimum atomic E-state index is -0.00487. The molecule has 16 heavy (non-hydrogen) atoms. The average Bonchev–Trinajstić information content (AvgIpc) is 2.98. The van der Waals surface area contributed by atoms with Gasteiger partial charge in [0, 0.05) is 11.3 Å². The Labute approximate surface area is 96.8 Å². The van der Waals surface area contributed by atoms with Crippen molar-refractivity contribution in [1.82, 2.24) is 10.5 Å². The van der Waals surface area contributed by atoms with Gasteiger partial charge in [-0.15, -0.1) is 0 Å². The van der Waals surface area contributed by atoms with E-state index in [9.17, 15) is 0 Å². The van der Waals surface area contributed by atoms with Crippen molar-refractivity contribution < 1.29 is 0 Å². The van der Waals surface area contributed by atoms with Gasteiger partial charge in [-0.05, 0) is 19.8 Å². The minimum Gasteiger partial charge on any atom is -0.258 e. The fourth-order valence-corrected chi connectivity index (χ4v) is 1.78.